The highest BCUT2D eigenvalue weighted by Crippen LogP contribution is 2.31. The lowest BCUT2D eigenvalue weighted by Gasteiger charge is -2.28. The van der Waals surface area contributed by atoms with Crippen LogP contribution in [0.3, 0.4) is 0 Å². The van der Waals surface area contributed by atoms with Crippen LogP contribution in [-0.4, -0.2) is 31.6 Å². The number of rotatable bonds is 5. The van der Waals surface area contributed by atoms with Crippen LogP contribution in [0.2, 0.25) is 0 Å². The normalized spacial score (nSPS) is 30.3. The van der Waals surface area contributed by atoms with E-state index in [4.69, 9.17) is 4.74 Å². The van der Waals surface area contributed by atoms with Crippen molar-refractivity contribution < 1.29 is 9.53 Å². The smallest absolute Gasteiger partial charge is 0.161 e. The highest BCUT2D eigenvalue weighted by atomic mass is 16.5. The fourth-order valence-electron chi connectivity index (χ4n) is 3.23. The van der Waals surface area contributed by atoms with E-state index in [-0.39, 0.29) is 5.92 Å². The Bertz CT molecular complexity index is 261. The van der Waals surface area contributed by atoms with Gasteiger partial charge in [-0.15, -0.1) is 0 Å². The molecule has 0 amide bonds. The minimum atomic E-state index is 0.283. The van der Waals surface area contributed by atoms with Gasteiger partial charge in [0.15, 0.2) is 5.78 Å². The topological polar surface area (TPSA) is 38.3 Å². The van der Waals surface area contributed by atoms with Crippen molar-refractivity contribution in [1.82, 2.24) is 5.32 Å². The standard InChI is InChI=1S/C15H27NO2/c1-2-12-4-3-5-13(10-12)15(17)11-18-14-6-8-16-9-7-14/h12-14,16H,2-11H2,1H3. The second-order valence-corrected chi connectivity index (χ2v) is 5.86. The van der Waals surface area contributed by atoms with Gasteiger partial charge in [-0.25, -0.2) is 0 Å². The fraction of sp³-hybridized carbons (Fsp3) is 0.933. The first kappa shape index (κ1) is 14.0. The quantitative estimate of drug-likeness (QED) is 0.818. The third kappa shape index (κ3) is 4.06. The van der Waals surface area contributed by atoms with E-state index in [1.54, 1.807) is 0 Å². The number of hydrogen-bond acceptors (Lipinski definition) is 3. The summed E-state index contributed by atoms with van der Waals surface area (Å²) in [5, 5.41) is 3.31. The molecular formula is C15H27NO2. The summed E-state index contributed by atoms with van der Waals surface area (Å²) < 4.78 is 5.78. The summed E-state index contributed by atoms with van der Waals surface area (Å²) in [6, 6.07) is 0. The molecule has 1 saturated heterocycles. The highest BCUT2D eigenvalue weighted by molar-refractivity contribution is 5.82. The Morgan fingerprint density at radius 1 is 1.22 bits per heavy atom. The summed E-state index contributed by atoms with van der Waals surface area (Å²) in [5.74, 6) is 1.41. The molecule has 1 N–H and O–H groups in total. The largest absolute Gasteiger partial charge is 0.370 e. The molecule has 0 aromatic carbocycles. The zero-order valence-electron chi connectivity index (χ0n) is 11.6. The summed E-state index contributed by atoms with van der Waals surface area (Å²) in [7, 11) is 0. The summed E-state index contributed by atoms with van der Waals surface area (Å²) in [5.41, 5.74) is 0. The first-order valence-corrected chi connectivity index (χ1v) is 7.64. The van der Waals surface area contributed by atoms with Gasteiger partial charge in [-0.3, -0.25) is 4.79 Å². The van der Waals surface area contributed by atoms with Gasteiger partial charge < -0.3 is 10.1 Å². The molecule has 3 nitrogen and oxygen atoms in total. The van der Waals surface area contributed by atoms with E-state index in [1.807, 2.05) is 0 Å². The van der Waals surface area contributed by atoms with Crippen molar-refractivity contribution in [2.24, 2.45) is 11.8 Å². The lowest BCUT2D eigenvalue weighted by atomic mass is 9.78. The molecule has 0 bridgehead atoms. The Labute approximate surface area is 111 Å². The maximum Gasteiger partial charge on any atom is 0.161 e. The number of nitrogens with one attached hydrogen (secondary N) is 1. The molecule has 18 heavy (non-hydrogen) atoms. The number of Topliss-reactive ketones (excluding diaryl/α,β-unsaturated/α-hetero) is 1. The van der Waals surface area contributed by atoms with E-state index >= 15 is 0 Å². The van der Waals surface area contributed by atoms with E-state index in [1.165, 1.54) is 19.3 Å². The van der Waals surface area contributed by atoms with Crippen LogP contribution in [0.1, 0.15) is 51.9 Å². The third-order valence-electron chi connectivity index (χ3n) is 4.56. The van der Waals surface area contributed by atoms with Crippen molar-refractivity contribution in [2.45, 2.75) is 58.0 Å². The number of carbonyl (C=O) groups excluding carboxylic acids is 1. The molecular weight excluding hydrogens is 226 g/mol. The zero-order valence-corrected chi connectivity index (χ0v) is 11.6. The van der Waals surface area contributed by atoms with E-state index in [2.05, 4.69) is 12.2 Å². The summed E-state index contributed by atoms with van der Waals surface area (Å²) in [6.45, 7) is 4.65. The van der Waals surface area contributed by atoms with Gasteiger partial charge in [-0.2, -0.15) is 0 Å². The summed E-state index contributed by atoms with van der Waals surface area (Å²) >= 11 is 0. The molecule has 0 aromatic rings. The number of carbonyl (C=O) groups is 1. The molecule has 1 aliphatic carbocycles. The van der Waals surface area contributed by atoms with Crippen LogP contribution in [0, 0.1) is 11.8 Å². The van der Waals surface area contributed by atoms with Gasteiger partial charge in [0.25, 0.3) is 0 Å². The SMILES string of the molecule is CCC1CCCC(C(=O)COC2CCNCC2)C1. The molecule has 1 saturated carbocycles. The molecule has 2 aliphatic rings. The van der Waals surface area contributed by atoms with Crippen molar-refractivity contribution in [2.75, 3.05) is 19.7 Å². The third-order valence-corrected chi connectivity index (χ3v) is 4.56. The highest BCUT2D eigenvalue weighted by Gasteiger charge is 2.26. The second kappa shape index (κ2) is 7.25. The molecule has 0 aromatic heterocycles. The van der Waals surface area contributed by atoms with Gasteiger partial charge in [0.1, 0.15) is 6.61 Å². The minimum Gasteiger partial charge on any atom is -0.370 e. The van der Waals surface area contributed by atoms with Crippen LogP contribution >= 0.6 is 0 Å². The van der Waals surface area contributed by atoms with Gasteiger partial charge >= 0.3 is 0 Å². The Hall–Kier alpha value is -0.410. The molecule has 2 atom stereocenters. The number of hydrogen-bond donors (Lipinski definition) is 1. The predicted octanol–water partition coefficient (Wildman–Crippen LogP) is 2.54. The van der Waals surface area contributed by atoms with Crippen molar-refractivity contribution >= 4 is 5.78 Å². The van der Waals surface area contributed by atoms with Gasteiger partial charge in [-0.1, -0.05) is 26.2 Å². The van der Waals surface area contributed by atoms with Crippen LogP contribution in [-0.2, 0) is 9.53 Å². The first-order valence-electron chi connectivity index (χ1n) is 7.64. The lowest BCUT2D eigenvalue weighted by molar-refractivity contribution is -0.131. The van der Waals surface area contributed by atoms with Crippen molar-refractivity contribution in [1.29, 1.82) is 0 Å². The van der Waals surface area contributed by atoms with Crippen LogP contribution in [0.15, 0.2) is 0 Å². The zero-order chi connectivity index (χ0) is 12.8. The predicted molar refractivity (Wildman–Crippen MR) is 72.6 cm³/mol. The number of ether oxygens (including phenoxy) is 1. The average molecular weight is 253 g/mol. The molecule has 0 radical (unpaired) electrons. The second-order valence-electron chi connectivity index (χ2n) is 5.86. The van der Waals surface area contributed by atoms with Crippen molar-refractivity contribution in [3.63, 3.8) is 0 Å². The molecule has 1 heterocycles. The molecule has 104 valence electrons. The van der Waals surface area contributed by atoms with Gasteiger partial charge in [0.2, 0.25) is 0 Å². The van der Waals surface area contributed by atoms with E-state index in [0.29, 0.717) is 18.5 Å². The van der Waals surface area contributed by atoms with Crippen molar-refractivity contribution in [3.05, 3.63) is 0 Å². The summed E-state index contributed by atoms with van der Waals surface area (Å²) in [4.78, 5) is 12.2. The van der Waals surface area contributed by atoms with Crippen LogP contribution in [0.4, 0.5) is 0 Å². The van der Waals surface area contributed by atoms with E-state index in [0.717, 1.165) is 44.7 Å². The van der Waals surface area contributed by atoms with Crippen LogP contribution < -0.4 is 5.32 Å². The van der Waals surface area contributed by atoms with Gasteiger partial charge in [0.05, 0.1) is 6.10 Å². The van der Waals surface area contributed by atoms with Gasteiger partial charge in [0, 0.05) is 5.92 Å². The summed E-state index contributed by atoms with van der Waals surface area (Å²) in [6.07, 6.45) is 8.36. The Morgan fingerprint density at radius 3 is 2.72 bits per heavy atom. The molecule has 0 spiro atoms. The molecule has 2 rings (SSSR count). The molecule has 1 aliphatic heterocycles. The Morgan fingerprint density at radius 2 is 2.00 bits per heavy atom. The lowest BCUT2D eigenvalue weighted by Crippen LogP contribution is -2.34. The van der Waals surface area contributed by atoms with Crippen molar-refractivity contribution in [3.8, 4) is 0 Å². The maximum absolute atomic E-state index is 12.2. The maximum atomic E-state index is 12.2. The van der Waals surface area contributed by atoms with E-state index in [9.17, 15) is 4.79 Å². The molecule has 2 unspecified atom stereocenters. The number of piperidine rings is 1. The first-order chi connectivity index (χ1) is 8.79. The van der Waals surface area contributed by atoms with E-state index < -0.39 is 0 Å². The molecule has 2 fully saturated rings. The van der Waals surface area contributed by atoms with Crippen LogP contribution in [0.25, 0.3) is 0 Å². The van der Waals surface area contributed by atoms with Gasteiger partial charge in [-0.05, 0) is 44.7 Å². The monoisotopic (exact) mass is 253 g/mol. The molecule has 3 heteroatoms. The number of ketones is 1. The minimum absolute atomic E-state index is 0.283. The van der Waals surface area contributed by atoms with Crippen LogP contribution in [0.5, 0.6) is 0 Å². The fourth-order valence-corrected chi connectivity index (χ4v) is 3.23. The Balaban J connectivity index is 1.70. The Kier molecular flexibility index (Phi) is 5.64. The average Bonchev–Trinajstić information content (AvgIpc) is 2.46.